The van der Waals surface area contributed by atoms with Gasteiger partial charge in [-0.1, -0.05) is 42.3 Å². The van der Waals surface area contributed by atoms with Crippen molar-refractivity contribution in [3.05, 3.63) is 47.7 Å². The standard InChI is InChI=1S/C15H20N2O/c18-15(16-11-13-7-3-1-4-8-13)17-12-14-9-5-2-6-10-14/h1,3-4,7-8,12H,2,5-6,9-11H2,(H2,16,17,18). The molecular formula is C15H20N2O. The van der Waals surface area contributed by atoms with Crippen LogP contribution in [0.2, 0.25) is 0 Å². The van der Waals surface area contributed by atoms with Crippen molar-refractivity contribution in [1.29, 1.82) is 0 Å². The van der Waals surface area contributed by atoms with Gasteiger partial charge in [-0.3, -0.25) is 0 Å². The van der Waals surface area contributed by atoms with Gasteiger partial charge in [0.25, 0.3) is 0 Å². The van der Waals surface area contributed by atoms with Gasteiger partial charge in [-0.15, -0.1) is 0 Å². The molecule has 0 saturated heterocycles. The van der Waals surface area contributed by atoms with Crippen LogP contribution in [0.1, 0.15) is 37.7 Å². The number of carbonyl (C=O) groups is 1. The second-order valence-electron chi connectivity index (χ2n) is 4.68. The lowest BCUT2D eigenvalue weighted by Gasteiger charge is -2.13. The molecule has 1 aromatic carbocycles. The lowest BCUT2D eigenvalue weighted by atomic mass is 9.96. The number of urea groups is 1. The summed E-state index contributed by atoms with van der Waals surface area (Å²) in [5, 5.41) is 5.65. The summed E-state index contributed by atoms with van der Waals surface area (Å²) < 4.78 is 0. The molecule has 96 valence electrons. The topological polar surface area (TPSA) is 41.1 Å². The number of hydrogen-bond donors (Lipinski definition) is 2. The van der Waals surface area contributed by atoms with Crippen molar-refractivity contribution in [2.45, 2.75) is 38.6 Å². The molecule has 0 unspecified atom stereocenters. The number of rotatable bonds is 3. The number of carbonyl (C=O) groups excluding carboxylic acids is 1. The summed E-state index contributed by atoms with van der Waals surface area (Å²) in [6.45, 7) is 0.565. The van der Waals surface area contributed by atoms with E-state index in [9.17, 15) is 4.79 Å². The maximum atomic E-state index is 11.6. The van der Waals surface area contributed by atoms with Crippen molar-refractivity contribution in [2.75, 3.05) is 0 Å². The molecule has 0 aromatic heterocycles. The molecule has 0 radical (unpaired) electrons. The van der Waals surface area contributed by atoms with Gasteiger partial charge >= 0.3 is 6.03 Å². The maximum Gasteiger partial charge on any atom is 0.319 e. The van der Waals surface area contributed by atoms with Gasteiger partial charge in [0.1, 0.15) is 0 Å². The summed E-state index contributed by atoms with van der Waals surface area (Å²) in [6, 6.07) is 9.78. The van der Waals surface area contributed by atoms with Crippen LogP contribution in [0, 0.1) is 0 Å². The highest BCUT2D eigenvalue weighted by molar-refractivity contribution is 5.74. The van der Waals surface area contributed by atoms with Gasteiger partial charge in [-0.05, 0) is 31.2 Å². The molecule has 2 amide bonds. The van der Waals surface area contributed by atoms with E-state index in [0.29, 0.717) is 6.54 Å². The van der Waals surface area contributed by atoms with E-state index >= 15 is 0 Å². The molecule has 1 aliphatic rings. The molecule has 0 atom stereocenters. The van der Waals surface area contributed by atoms with Crippen molar-refractivity contribution < 1.29 is 4.79 Å². The van der Waals surface area contributed by atoms with Gasteiger partial charge in [0.2, 0.25) is 0 Å². The summed E-state index contributed by atoms with van der Waals surface area (Å²) in [5.41, 5.74) is 2.47. The lowest BCUT2D eigenvalue weighted by molar-refractivity contribution is 0.243. The third-order valence-corrected chi connectivity index (χ3v) is 3.20. The number of allylic oxidation sites excluding steroid dienone is 1. The van der Waals surface area contributed by atoms with E-state index in [0.717, 1.165) is 18.4 Å². The number of nitrogens with one attached hydrogen (secondary N) is 2. The molecule has 0 aliphatic heterocycles. The minimum atomic E-state index is -0.128. The molecule has 0 spiro atoms. The number of benzene rings is 1. The van der Waals surface area contributed by atoms with Crippen LogP contribution in [-0.2, 0) is 6.54 Å². The highest BCUT2D eigenvalue weighted by Crippen LogP contribution is 2.21. The lowest BCUT2D eigenvalue weighted by Crippen LogP contribution is -2.32. The van der Waals surface area contributed by atoms with Crippen LogP contribution < -0.4 is 10.6 Å². The van der Waals surface area contributed by atoms with Gasteiger partial charge < -0.3 is 10.6 Å². The molecule has 2 rings (SSSR count). The van der Waals surface area contributed by atoms with E-state index in [2.05, 4.69) is 10.6 Å². The Bertz CT molecular complexity index is 404. The third-order valence-electron chi connectivity index (χ3n) is 3.20. The summed E-state index contributed by atoms with van der Waals surface area (Å²) in [4.78, 5) is 11.6. The first-order valence-corrected chi connectivity index (χ1v) is 6.61. The Labute approximate surface area is 108 Å². The van der Waals surface area contributed by atoms with Gasteiger partial charge in [0.05, 0.1) is 0 Å². The molecule has 0 bridgehead atoms. The minimum Gasteiger partial charge on any atom is -0.334 e. The van der Waals surface area contributed by atoms with Crippen LogP contribution in [0.5, 0.6) is 0 Å². The molecule has 3 nitrogen and oxygen atoms in total. The minimum absolute atomic E-state index is 0.128. The SMILES string of the molecule is O=C(NC=C1CCCCC1)NCc1ccccc1. The summed E-state index contributed by atoms with van der Waals surface area (Å²) >= 11 is 0. The van der Waals surface area contributed by atoms with E-state index in [1.807, 2.05) is 36.5 Å². The predicted octanol–water partition coefficient (Wildman–Crippen LogP) is 3.33. The Balaban J connectivity index is 1.72. The largest absolute Gasteiger partial charge is 0.334 e. The maximum absolute atomic E-state index is 11.6. The van der Waals surface area contributed by atoms with Gasteiger partial charge in [0, 0.05) is 12.7 Å². The molecule has 1 aromatic rings. The Kier molecular flexibility index (Phi) is 4.82. The van der Waals surface area contributed by atoms with Crippen LogP contribution in [0.25, 0.3) is 0 Å². The van der Waals surface area contributed by atoms with Crippen molar-refractivity contribution in [2.24, 2.45) is 0 Å². The highest BCUT2D eigenvalue weighted by atomic mass is 16.2. The van der Waals surface area contributed by atoms with Gasteiger partial charge in [-0.2, -0.15) is 0 Å². The first-order valence-electron chi connectivity index (χ1n) is 6.61. The first-order chi connectivity index (χ1) is 8.84. The molecule has 3 heteroatoms. The van der Waals surface area contributed by atoms with Crippen molar-refractivity contribution in [3.63, 3.8) is 0 Å². The Morgan fingerprint density at radius 3 is 2.56 bits per heavy atom. The number of hydrogen-bond acceptors (Lipinski definition) is 1. The highest BCUT2D eigenvalue weighted by Gasteiger charge is 2.05. The van der Waals surface area contributed by atoms with E-state index in [-0.39, 0.29) is 6.03 Å². The first kappa shape index (κ1) is 12.7. The van der Waals surface area contributed by atoms with Crippen LogP contribution in [0.15, 0.2) is 42.1 Å². The molecule has 2 N–H and O–H groups in total. The van der Waals surface area contributed by atoms with Crippen LogP contribution in [-0.4, -0.2) is 6.03 Å². The fourth-order valence-electron chi connectivity index (χ4n) is 2.15. The third kappa shape index (κ3) is 4.24. The van der Waals surface area contributed by atoms with Crippen molar-refractivity contribution in [3.8, 4) is 0 Å². The Hall–Kier alpha value is -1.77. The number of amides is 2. The average Bonchev–Trinajstić information content (AvgIpc) is 2.45. The van der Waals surface area contributed by atoms with Crippen molar-refractivity contribution in [1.82, 2.24) is 10.6 Å². The predicted molar refractivity (Wildman–Crippen MR) is 73.0 cm³/mol. The zero-order valence-electron chi connectivity index (χ0n) is 10.6. The van der Waals surface area contributed by atoms with Gasteiger partial charge in [-0.25, -0.2) is 4.79 Å². The van der Waals surface area contributed by atoms with Crippen LogP contribution in [0.4, 0.5) is 4.79 Å². The van der Waals surface area contributed by atoms with Crippen LogP contribution in [0.3, 0.4) is 0 Å². The molecule has 1 fully saturated rings. The Morgan fingerprint density at radius 1 is 1.11 bits per heavy atom. The Morgan fingerprint density at radius 2 is 1.83 bits per heavy atom. The summed E-state index contributed by atoms with van der Waals surface area (Å²) in [6.07, 6.45) is 7.94. The van der Waals surface area contributed by atoms with E-state index in [1.165, 1.54) is 24.8 Å². The second-order valence-corrected chi connectivity index (χ2v) is 4.68. The molecule has 1 saturated carbocycles. The quantitative estimate of drug-likeness (QED) is 0.841. The smallest absolute Gasteiger partial charge is 0.319 e. The molecule has 1 aliphatic carbocycles. The van der Waals surface area contributed by atoms with E-state index in [1.54, 1.807) is 0 Å². The average molecular weight is 244 g/mol. The molecular weight excluding hydrogens is 224 g/mol. The normalized spacial score (nSPS) is 15.0. The zero-order valence-corrected chi connectivity index (χ0v) is 10.6. The molecule has 18 heavy (non-hydrogen) atoms. The van der Waals surface area contributed by atoms with Crippen LogP contribution >= 0.6 is 0 Å². The fourth-order valence-corrected chi connectivity index (χ4v) is 2.15. The zero-order chi connectivity index (χ0) is 12.6. The van der Waals surface area contributed by atoms with E-state index in [4.69, 9.17) is 0 Å². The van der Waals surface area contributed by atoms with Gasteiger partial charge in [0.15, 0.2) is 0 Å². The summed E-state index contributed by atoms with van der Waals surface area (Å²) in [7, 11) is 0. The fraction of sp³-hybridized carbons (Fsp3) is 0.400. The van der Waals surface area contributed by atoms with Crippen molar-refractivity contribution >= 4 is 6.03 Å². The van der Waals surface area contributed by atoms with E-state index < -0.39 is 0 Å². The summed E-state index contributed by atoms with van der Waals surface area (Å²) in [5.74, 6) is 0. The molecule has 0 heterocycles. The second kappa shape index (κ2) is 6.84. The monoisotopic (exact) mass is 244 g/mol.